The molecule has 130 valence electrons. The first kappa shape index (κ1) is 16.5. The maximum atomic E-state index is 13.0. The van der Waals surface area contributed by atoms with Crippen LogP contribution in [0.15, 0.2) is 84.0 Å². The standard InChI is InChI=1S/C22H19FN2O/c23-18-11-9-17(10-12-18)19-14-20(19)22(26)24-21-8-4-5-13-25(21)15-16-6-2-1-3-7-16/h1-13,19-20H,14-15H2. The molecule has 1 saturated carbocycles. The number of hydrogen-bond acceptors (Lipinski definition) is 1. The highest BCUT2D eigenvalue weighted by atomic mass is 19.1. The Balaban J connectivity index is 1.53. The summed E-state index contributed by atoms with van der Waals surface area (Å²) in [6.07, 6.45) is 2.71. The van der Waals surface area contributed by atoms with Gasteiger partial charge in [-0.3, -0.25) is 4.79 Å². The molecule has 0 spiro atoms. The fourth-order valence-corrected chi connectivity index (χ4v) is 3.22. The molecule has 1 amide bonds. The molecule has 4 heteroatoms. The second-order valence-electron chi connectivity index (χ2n) is 6.62. The van der Waals surface area contributed by atoms with Gasteiger partial charge in [-0.1, -0.05) is 48.5 Å². The molecule has 1 heterocycles. The molecule has 26 heavy (non-hydrogen) atoms. The minimum Gasteiger partial charge on any atom is -0.328 e. The number of amides is 1. The molecule has 3 aromatic rings. The van der Waals surface area contributed by atoms with Crippen LogP contribution in [0.2, 0.25) is 0 Å². The summed E-state index contributed by atoms with van der Waals surface area (Å²) in [5.74, 6) is -0.315. The molecule has 1 aliphatic carbocycles. The normalized spacial score (nSPS) is 19.3. The van der Waals surface area contributed by atoms with E-state index in [1.807, 2.05) is 47.2 Å². The van der Waals surface area contributed by atoms with Gasteiger partial charge in [-0.05, 0) is 47.7 Å². The third-order valence-electron chi connectivity index (χ3n) is 4.74. The van der Waals surface area contributed by atoms with Crippen molar-refractivity contribution in [2.45, 2.75) is 18.9 Å². The minimum absolute atomic E-state index is 0.104. The van der Waals surface area contributed by atoms with E-state index in [4.69, 9.17) is 0 Å². The van der Waals surface area contributed by atoms with E-state index >= 15 is 0 Å². The molecule has 0 radical (unpaired) electrons. The van der Waals surface area contributed by atoms with Crippen LogP contribution < -0.4 is 5.49 Å². The van der Waals surface area contributed by atoms with Crippen LogP contribution >= 0.6 is 0 Å². The Bertz CT molecular complexity index is 977. The number of nitrogens with zero attached hydrogens (tertiary/aromatic N) is 2. The zero-order valence-electron chi connectivity index (χ0n) is 14.3. The Morgan fingerprint density at radius 1 is 1.00 bits per heavy atom. The van der Waals surface area contributed by atoms with Gasteiger partial charge in [-0.25, -0.2) is 4.39 Å². The average molecular weight is 346 g/mol. The van der Waals surface area contributed by atoms with Crippen LogP contribution in [-0.4, -0.2) is 10.5 Å². The Labute approximate surface area is 151 Å². The second-order valence-corrected chi connectivity index (χ2v) is 6.62. The van der Waals surface area contributed by atoms with Crippen molar-refractivity contribution < 1.29 is 9.18 Å². The summed E-state index contributed by atoms with van der Waals surface area (Å²) < 4.78 is 15.0. The van der Waals surface area contributed by atoms with Crippen molar-refractivity contribution in [2.75, 3.05) is 0 Å². The van der Waals surface area contributed by atoms with Gasteiger partial charge in [0.25, 0.3) is 5.91 Å². The van der Waals surface area contributed by atoms with E-state index in [1.165, 1.54) is 12.1 Å². The number of carbonyl (C=O) groups is 1. The third kappa shape index (κ3) is 3.64. The molecule has 1 fully saturated rings. The highest BCUT2D eigenvalue weighted by Crippen LogP contribution is 2.48. The van der Waals surface area contributed by atoms with Gasteiger partial charge in [-0.2, -0.15) is 4.99 Å². The zero-order chi connectivity index (χ0) is 17.9. The molecule has 2 unspecified atom stereocenters. The van der Waals surface area contributed by atoms with Crippen molar-refractivity contribution >= 4 is 5.91 Å². The molecule has 0 saturated heterocycles. The zero-order valence-corrected chi connectivity index (χ0v) is 14.3. The lowest BCUT2D eigenvalue weighted by atomic mass is 10.1. The van der Waals surface area contributed by atoms with Crippen LogP contribution in [0.25, 0.3) is 0 Å². The second kappa shape index (κ2) is 7.08. The van der Waals surface area contributed by atoms with E-state index in [-0.39, 0.29) is 23.6 Å². The first-order valence-corrected chi connectivity index (χ1v) is 8.74. The van der Waals surface area contributed by atoms with Gasteiger partial charge in [0.1, 0.15) is 11.3 Å². The average Bonchev–Trinajstić information content (AvgIpc) is 3.46. The van der Waals surface area contributed by atoms with Gasteiger partial charge in [0.05, 0.1) is 0 Å². The van der Waals surface area contributed by atoms with E-state index in [0.717, 1.165) is 17.5 Å². The summed E-state index contributed by atoms with van der Waals surface area (Å²) in [5.41, 5.74) is 2.82. The molecule has 4 rings (SSSR count). The van der Waals surface area contributed by atoms with Crippen LogP contribution in [0.3, 0.4) is 0 Å². The molecule has 0 bridgehead atoms. The highest BCUT2D eigenvalue weighted by Gasteiger charge is 2.43. The van der Waals surface area contributed by atoms with Crippen LogP contribution in [-0.2, 0) is 11.3 Å². The van der Waals surface area contributed by atoms with Crippen molar-refractivity contribution in [3.8, 4) is 0 Å². The molecule has 1 aliphatic rings. The number of pyridine rings is 1. The summed E-state index contributed by atoms with van der Waals surface area (Å²) in [6, 6.07) is 22.2. The third-order valence-corrected chi connectivity index (χ3v) is 4.74. The molecular weight excluding hydrogens is 327 g/mol. The summed E-state index contributed by atoms with van der Waals surface area (Å²) in [5, 5.41) is 0. The largest absolute Gasteiger partial charge is 0.328 e. The van der Waals surface area contributed by atoms with E-state index in [2.05, 4.69) is 17.1 Å². The first-order chi connectivity index (χ1) is 12.7. The van der Waals surface area contributed by atoms with E-state index in [9.17, 15) is 9.18 Å². The SMILES string of the molecule is O=C(N=c1ccccn1Cc1ccccc1)C1CC1c1ccc(F)cc1. The number of carbonyl (C=O) groups excluding carboxylic acids is 1. The maximum absolute atomic E-state index is 13.0. The quantitative estimate of drug-likeness (QED) is 0.705. The van der Waals surface area contributed by atoms with Crippen LogP contribution in [0.5, 0.6) is 0 Å². The van der Waals surface area contributed by atoms with E-state index < -0.39 is 0 Å². The Morgan fingerprint density at radius 3 is 2.50 bits per heavy atom. The van der Waals surface area contributed by atoms with Crippen LogP contribution in [0, 0.1) is 11.7 Å². The Hall–Kier alpha value is -3.01. The molecule has 3 nitrogen and oxygen atoms in total. The summed E-state index contributed by atoms with van der Waals surface area (Å²) in [6.45, 7) is 0.667. The number of aromatic nitrogens is 1. The number of hydrogen-bond donors (Lipinski definition) is 0. The van der Waals surface area contributed by atoms with E-state index in [1.54, 1.807) is 12.1 Å². The number of rotatable bonds is 4. The Kier molecular flexibility index (Phi) is 4.48. The lowest BCUT2D eigenvalue weighted by Crippen LogP contribution is -2.22. The summed E-state index contributed by atoms with van der Waals surface area (Å²) in [4.78, 5) is 16.9. The fourth-order valence-electron chi connectivity index (χ4n) is 3.22. The van der Waals surface area contributed by atoms with Crippen molar-refractivity contribution in [2.24, 2.45) is 10.9 Å². The predicted molar refractivity (Wildman–Crippen MR) is 97.8 cm³/mol. The molecule has 1 aromatic heterocycles. The van der Waals surface area contributed by atoms with Crippen molar-refractivity contribution in [3.63, 3.8) is 0 Å². The lowest BCUT2D eigenvalue weighted by molar-refractivity contribution is -0.119. The van der Waals surface area contributed by atoms with Crippen molar-refractivity contribution in [1.29, 1.82) is 0 Å². The van der Waals surface area contributed by atoms with Crippen molar-refractivity contribution in [3.05, 3.63) is 101 Å². The molecule has 2 aromatic carbocycles. The summed E-state index contributed by atoms with van der Waals surface area (Å²) >= 11 is 0. The van der Waals surface area contributed by atoms with Gasteiger partial charge in [0.15, 0.2) is 0 Å². The lowest BCUT2D eigenvalue weighted by Gasteiger charge is -2.07. The van der Waals surface area contributed by atoms with E-state index in [0.29, 0.717) is 12.0 Å². The minimum atomic E-state index is -0.256. The van der Waals surface area contributed by atoms with Crippen LogP contribution in [0.1, 0.15) is 23.5 Å². The Morgan fingerprint density at radius 2 is 1.73 bits per heavy atom. The van der Waals surface area contributed by atoms with Crippen molar-refractivity contribution in [1.82, 2.24) is 4.57 Å². The van der Waals surface area contributed by atoms with Gasteiger partial charge >= 0.3 is 0 Å². The smallest absolute Gasteiger partial charge is 0.251 e. The number of halogens is 1. The van der Waals surface area contributed by atoms with Gasteiger partial charge in [-0.15, -0.1) is 0 Å². The number of benzene rings is 2. The highest BCUT2D eigenvalue weighted by molar-refractivity contribution is 5.83. The monoisotopic (exact) mass is 346 g/mol. The topological polar surface area (TPSA) is 34.4 Å². The molecular formula is C22H19FN2O. The van der Waals surface area contributed by atoms with Crippen LogP contribution in [0.4, 0.5) is 4.39 Å². The van der Waals surface area contributed by atoms with Gasteiger partial charge < -0.3 is 4.57 Å². The van der Waals surface area contributed by atoms with Gasteiger partial charge in [0, 0.05) is 18.7 Å². The fraction of sp³-hybridized carbons (Fsp3) is 0.182. The maximum Gasteiger partial charge on any atom is 0.251 e. The predicted octanol–water partition coefficient (Wildman–Crippen LogP) is 3.91. The molecule has 0 aliphatic heterocycles. The van der Waals surface area contributed by atoms with Gasteiger partial charge in [0.2, 0.25) is 0 Å². The molecule has 0 N–H and O–H groups in total. The first-order valence-electron chi connectivity index (χ1n) is 8.74. The molecule has 2 atom stereocenters. The summed E-state index contributed by atoms with van der Waals surface area (Å²) in [7, 11) is 0.